The molecule has 0 unspecified atom stereocenters. The van der Waals surface area contributed by atoms with Crippen molar-refractivity contribution >= 4 is 40.6 Å². The van der Waals surface area contributed by atoms with Gasteiger partial charge in [-0.25, -0.2) is 0 Å². The quantitative estimate of drug-likeness (QED) is 0.562. The van der Waals surface area contributed by atoms with Crippen LogP contribution in [0.3, 0.4) is 0 Å². The minimum absolute atomic E-state index is 0.00403. The van der Waals surface area contributed by atoms with Crippen molar-refractivity contribution in [2.75, 3.05) is 30.4 Å². The van der Waals surface area contributed by atoms with E-state index in [1.807, 2.05) is 36.4 Å². The molecule has 31 heavy (non-hydrogen) atoms. The Bertz CT molecular complexity index is 1070. The van der Waals surface area contributed by atoms with Crippen LogP contribution in [0, 0.1) is 5.92 Å². The summed E-state index contributed by atoms with van der Waals surface area (Å²) >= 11 is 12.0. The first-order valence-corrected chi connectivity index (χ1v) is 10.8. The Balaban J connectivity index is 1.36. The number of benzene rings is 2. The highest BCUT2D eigenvalue weighted by molar-refractivity contribution is 6.42. The number of carbonyl (C=O) groups excluding carboxylic acids is 1. The average molecular weight is 457 g/mol. The van der Waals surface area contributed by atoms with Gasteiger partial charge in [-0.3, -0.25) is 4.79 Å². The number of nitrogens with one attached hydrogen (secondary N) is 1. The molecule has 0 atom stereocenters. The Kier molecular flexibility index (Phi) is 6.59. The lowest BCUT2D eigenvalue weighted by Crippen LogP contribution is -2.38. The van der Waals surface area contributed by atoms with Crippen molar-refractivity contribution in [2.45, 2.75) is 12.8 Å². The van der Waals surface area contributed by atoms with E-state index in [2.05, 4.69) is 20.4 Å². The Morgan fingerprint density at radius 1 is 1.03 bits per heavy atom. The summed E-state index contributed by atoms with van der Waals surface area (Å²) in [5, 5.41) is 12.6. The molecule has 1 aliphatic heterocycles. The van der Waals surface area contributed by atoms with Crippen molar-refractivity contribution in [3.05, 3.63) is 64.6 Å². The zero-order chi connectivity index (χ0) is 21.8. The number of anilines is 2. The largest absolute Gasteiger partial charge is 0.496 e. The van der Waals surface area contributed by atoms with Crippen molar-refractivity contribution in [1.29, 1.82) is 0 Å². The molecule has 6 nitrogen and oxygen atoms in total. The molecule has 0 radical (unpaired) electrons. The molecule has 8 heteroatoms. The summed E-state index contributed by atoms with van der Waals surface area (Å²) in [6.07, 6.45) is 1.48. The zero-order valence-corrected chi connectivity index (χ0v) is 18.5. The Labute approximate surface area is 191 Å². The number of hydrogen-bond donors (Lipinski definition) is 1. The number of ether oxygens (including phenoxy) is 1. The van der Waals surface area contributed by atoms with Crippen molar-refractivity contribution < 1.29 is 9.53 Å². The van der Waals surface area contributed by atoms with E-state index in [9.17, 15) is 4.79 Å². The standard InChI is InChI=1S/C23H22Cl2N4O2/c1-31-21-5-3-2-4-17(21)20-8-9-22(28-27-20)29-12-10-15(11-13-29)23(30)26-16-6-7-18(24)19(25)14-16/h2-9,14-15H,10-13H2,1H3,(H,26,30). The number of aromatic nitrogens is 2. The summed E-state index contributed by atoms with van der Waals surface area (Å²) in [5.74, 6) is 1.50. The van der Waals surface area contributed by atoms with Crippen LogP contribution in [0.15, 0.2) is 54.6 Å². The van der Waals surface area contributed by atoms with Gasteiger partial charge in [-0.2, -0.15) is 0 Å². The number of carbonyl (C=O) groups is 1. The molecule has 4 rings (SSSR count). The van der Waals surface area contributed by atoms with E-state index in [0.717, 1.165) is 48.8 Å². The summed E-state index contributed by atoms with van der Waals surface area (Å²) in [7, 11) is 1.64. The van der Waals surface area contributed by atoms with E-state index >= 15 is 0 Å². The van der Waals surface area contributed by atoms with Gasteiger partial charge in [0.1, 0.15) is 5.75 Å². The number of amides is 1. The van der Waals surface area contributed by atoms with Gasteiger partial charge >= 0.3 is 0 Å². The van der Waals surface area contributed by atoms with Gasteiger partial charge in [0.2, 0.25) is 5.91 Å². The maximum absolute atomic E-state index is 12.6. The van der Waals surface area contributed by atoms with Gasteiger partial charge in [-0.05, 0) is 55.3 Å². The summed E-state index contributed by atoms with van der Waals surface area (Å²) in [4.78, 5) is 14.8. The maximum Gasteiger partial charge on any atom is 0.227 e. The fraction of sp³-hybridized carbons (Fsp3) is 0.261. The van der Waals surface area contributed by atoms with Gasteiger partial charge in [-0.15, -0.1) is 10.2 Å². The van der Waals surface area contributed by atoms with E-state index in [4.69, 9.17) is 27.9 Å². The molecule has 0 aliphatic carbocycles. The van der Waals surface area contributed by atoms with Crippen LogP contribution in [0.5, 0.6) is 5.75 Å². The number of hydrogen-bond acceptors (Lipinski definition) is 5. The zero-order valence-electron chi connectivity index (χ0n) is 17.0. The van der Waals surface area contributed by atoms with Crippen LogP contribution in [-0.4, -0.2) is 36.3 Å². The van der Waals surface area contributed by atoms with Crippen LogP contribution in [0.25, 0.3) is 11.3 Å². The molecule has 0 bridgehead atoms. The lowest BCUT2D eigenvalue weighted by Gasteiger charge is -2.31. The highest BCUT2D eigenvalue weighted by Gasteiger charge is 2.26. The van der Waals surface area contributed by atoms with Crippen molar-refractivity contribution in [1.82, 2.24) is 10.2 Å². The predicted octanol–water partition coefficient (Wildman–Crippen LogP) is 5.31. The van der Waals surface area contributed by atoms with Crippen molar-refractivity contribution in [3.63, 3.8) is 0 Å². The molecule has 3 aromatic rings. The summed E-state index contributed by atoms with van der Waals surface area (Å²) in [5.41, 5.74) is 2.32. The monoisotopic (exact) mass is 456 g/mol. The Morgan fingerprint density at radius 3 is 2.48 bits per heavy atom. The molecule has 160 valence electrons. The molecule has 1 aliphatic rings. The molecule has 2 aromatic carbocycles. The number of methoxy groups -OCH3 is 1. The summed E-state index contributed by atoms with van der Waals surface area (Å²) in [6.45, 7) is 1.48. The lowest BCUT2D eigenvalue weighted by molar-refractivity contribution is -0.120. The molecule has 0 spiro atoms. The smallest absolute Gasteiger partial charge is 0.227 e. The van der Waals surface area contributed by atoms with E-state index in [1.54, 1.807) is 25.3 Å². The van der Waals surface area contributed by atoms with Crippen LogP contribution in [0.2, 0.25) is 10.0 Å². The van der Waals surface area contributed by atoms with Gasteiger partial charge in [0.05, 0.1) is 22.8 Å². The predicted molar refractivity (Wildman–Crippen MR) is 124 cm³/mol. The second-order valence-corrected chi connectivity index (χ2v) is 8.17. The first-order valence-electron chi connectivity index (χ1n) is 10.0. The minimum atomic E-state index is -0.0634. The highest BCUT2D eigenvalue weighted by Crippen LogP contribution is 2.30. The van der Waals surface area contributed by atoms with E-state index in [1.165, 1.54) is 0 Å². The fourth-order valence-electron chi connectivity index (χ4n) is 3.68. The van der Waals surface area contributed by atoms with Crippen LogP contribution >= 0.6 is 23.2 Å². The molecule has 0 saturated carbocycles. The number of rotatable bonds is 5. The van der Waals surface area contributed by atoms with Crippen molar-refractivity contribution in [2.24, 2.45) is 5.92 Å². The van der Waals surface area contributed by atoms with Gasteiger partial charge in [0.25, 0.3) is 0 Å². The third-order valence-electron chi connectivity index (χ3n) is 5.41. The number of nitrogens with zero attached hydrogens (tertiary/aromatic N) is 3. The van der Waals surface area contributed by atoms with E-state index < -0.39 is 0 Å². The lowest BCUT2D eigenvalue weighted by atomic mass is 9.96. The van der Waals surface area contributed by atoms with Crippen LogP contribution in [0.1, 0.15) is 12.8 Å². The summed E-state index contributed by atoms with van der Waals surface area (Å²) < 4.78 is 5.41. The molecule has 1 N–H and O–H groups in total. The molecule has 1 amide bonds. The fourth-order valence-corrected chi connectivity index (χ4v) is 3.98. The third-order valence-corrected chi connectivity index (χ3v) is 6.15. The normalized spacial score (nSPS) is 14.4. The maximum atomic E-state index is 12.6. The van der Waals surface area contributed by atoms with Crippen LogP contribution < -0.4 is 15.0 Å². The highest BCUT2D eigenvalue weighted by atomic mass is 35.5. The molecular formula is C23H22Cl2N4O2. The molecule has 1 fully saturated rings. The SMILES string of the molecule is COc1ccccc1-c1ccc(N2CCC(C(=O)Nc3ccc(Cl)c(Cl)c3)CC2)nn1. The van der Waals surface area contributed by atoms with Gasteiger partial charge in [-0.1, -0.05) is 35.3 Å². The number of halogens is 2. The number of para-hydroxylation sites is 1. The van der Waals surface area contributed by atoms with E-state index in [-0.39, 0.29) is 11.8 Å². The average Bonchev–Trinajstić information content (AvgIpc) is 2.81. The van der Waals surface area contributed by atoms with Gasteiger partial charge in [0.15, 0.2) is 5.82 Å². The van der Waals surface area contributed by atoms with Crippen LogP contribution in [0.4, 0.5) is 11.5 Å². The van der Waals surface area contributed by atoms with E-state index in [0.29, 0.717) is 15.7 Å². The third kappa shape index (κ3) is 4.92. The molecule has 1 aromatic heterocycles. The second kappa shape index (κ2) is 9.54. The Morgan fingerprint density at radius 2 is 1.81 bits per heavy atom. The first kappa shape index (κ1) is 21.4. The Hall–Kier alpha value is -2.83. The summed E-state index contributed by atoms with van der Waals surface area (Å²) in [6, 6.07) is 16.7. The van der Waals surface area contributed by atoms with Gasteiger partial charge in [0, 0.05) is 30.3 Å². The number of piperidine rings is 1. The minimum Gasteiger partial charge on any atom is -0.496 e. The molecular weight excluding hydrogens is 435 g/mol. The molecule has 2 heterocycles. The van der Waals surface area contributed by atoms with Crippen LogP contribution in [-0.2, 0) is 4.79 Å². The second-order valence-electron chi connectivity index (χ2n) is 7.36. The van der Waals surface area contributed by atoms with Gasteiger partial charge < -0.3 is 15.0 Å². The topological polar surface area (TPSA) is 67.3 Å². The van der Waals surface area contributed by atoms with Crippen molar-refractivity contribution in [3.8, 4) is 17.0 Å². The first-order chi connectivity index (χ1) is 15.0. The molecule has 1 saturated heterocycles.